The highest BCUT2D eigenvalue weighted by atomic mass is 35.5. The fourth-order valence-electron chi connectivity index (χ4n) is 1.93. The lowest BCUT2D eigenvalue weighted by atomic mass is 10.2. The second kappa shape index (κ2) is 6.56. The highest BCUT2D eigenvalue weighted by Crippen LogP contribution is 2.22. The molecule has 0 unspecified atom stereocenters. The first-order valence-corrected chi connectivity index (χ1v) is 6.97. The van der Waals surface area contributed by atoms with Gasteiger partial charge in [-0.25, -0.2) is 0 Å². The second-order valence-corrected chi connectivity index (χ2v) is 4.64. The lowest BCUT2D eigenvalue weighted by molar-refractivity contribution is -0.131. The van der Waals surface area contributed by atoms with E-state index < -0.39 is 0 Å². The van der Waals surface area contributed by atoms with Gasteiger partial charge in [-0.15, -0.1) is 11.6 Å². The van der Waals surface area contributed by atoms with Crippen molar-refractivity contribution in [1.29, 1.82) is 0 Å². The first kappa shape index (κ1) is 14.6. The Morgan fingerprint density at radius 3 is 2.95 bits per heavy atom. The van der Waals surface area contributed by atoms with E-state index in [2.05, 4.69) is 10.2 Å². The number of carbonyl (C=O) groups excluding carboxylic acids is 1. The van der Waals surface area contributed by atoms with E-state index >= 15 is 0 Å². The van der Waals surface area contributed by atoms with Crippen LogP contribution in [0.15, 0.2) is 29.0 Å². The van der Waals surface area contributed by atoms with Crippen LogP contribution in [0.3, 0.4) is 0 Å². The number of nitrogens with zero attached hydrogens (tertiary/aromatic N) is 4. The van der Waals surface area contributed by atoms with Crippen molar-refractivity contribution in [3.8, 4) is 0 Å². The Labute approximate surface area is 122 Å². The van der Waals surface area contributed by atoms with E-state index in [9.17, 15) is 4.79 Å². The Hall–Kier alpha value is -1.82. The molecule has 2 rings (SSSR count). The third kappa shape index (κ3) is 3.19. The summed E-state index contributed by atoms with van der Waals surface area (Å²) in [6.45, 7) is 4.90. The number of rotatable bonds is 6. The number of amides is 1. The average molecular weight is 297 g/mol. The largest absolute Gasteiger partial charge is 0.467 e. The zero-order valence-corrected chi connectivity index (χ0v) is 12.2. The van der Waals surface area contributed by atoms with Gasteiger partial charge in [0.1, 0.15) is 17.3 Å². The molecule has 0 spiro atoms. The standard InChI is InChI=1S/C13H17ClN4O2/c1-3-18-15-8-11(16-18)9-17(13(19)7-14)10(2)12-5-4-6-20-12/h4-6,8,10H,3,7,9H2,1-2H3/t10-/m0/s1. The molecular weight excluding hydrogens is 280 g/mol. The molecule has 0 aromatic carbocycles. The first-order valence-electron chi connectivity index (χ1n) is 6.43. The van der Waals surface area contributed by atoms with Gasteiger partial charge < -0.3 is 9.32 Å². The third-order valence-electron chi connectivity index (χ3n) is 3.06. The van der Waals surface area contributed by atoms with Crippen molar-refractivity contribution in [2.75, 3.05) is 5.88 Å². The van der Waals surface area contributed by atoms with Crippen LogP contribution in [-0.2, 0) is 17.9 Å². The quantitative estimate of drug-likeness (QED) is 0.767. The van der Waals surface area contributed by atoms with Gasteiger partial charge >= 0.3 is 0 Å². The molecule has 0 bridgehead atoms. The number of hydrogen-bond acceptors (Lipinski definition) is 4. The van der Waals surface area contributed by atoms with E-state index in [1.165, 1.54) is 0 Å². The smallest absolute Gasteiger partial charge is 0.238 e. The van der Waals surface area contributed by atoms with Crippen LogP contribution < -0.4 is 0 Å². The molecule has 20 heavy (non-hydrogen) atoms. The maximum absolute atomic E-state index is 12.0. The molecule has 1 amide bonds. The minimum atomic E-state index is -0.206. The zero-order chi connectivity index (χ0) is 14.5. The molecule has 2 heterocycles. The molecular formula is C13H17ClN4O2. The molecule has 0 aliphatic rings. The minimum absolute atomic E-state index is 0.0764. The van der Waals surface area contributed by atoms with Crippen molar-refractivity contribution in [3.05, 3.63) is 36.0 Å². The SMILES string of the molecule is CCn1ncc(CN(C(=O)CCl)[C@@H](C)c2ccco2)n1. The molecule has 6 nitrogen and oxygen atoms in total. The number of halogens is 1. The van der Waals surface area contributed by atoms with Crippen molar-refractivity contribution in [2.45, 2.75) is 33.0 Å². The topological polar surface area (TPSA) is 64.2 Å². The summed E-state index contributed by atoms with van der Waals surface area (Å²) in [6.07, 6.45) is 3.25. The number of aryl methyl sites for hydroxylation is 1. The molecule has 0 saturated carbocycles. The monoisotopic (exact) mass is 296 g/mol. The molecule has 2 aromatic rings. The highest BCUT2D eigenvalue weighted by molar-refractivity contribution is 6.27. The van der Waals surface area contributed by atoms with E-state index in [0.717, 1.165) is 5.69 Å². The minimum Gasteiger partial charge on any atom is -0.467 e. The van der Waals surface area contributed by atoms with Gasteiger partial charge in [-0.05, 0) is 26.0 Å². The van der Waals surface area contributed by atoms with E-state index in [-0.39, 0.29) is 17.8 Å². The third-order valence-corrected chi connectivity index (χ3v) is 3.28. The Kier molecular flexibility index (Phi) is 4.79. The second-order valence-electron chi connectivity index (χ2n) is 4.37. The zero-order valence-electron chi connectivity index (χ0n) is 11.5. The molecule has 0 aliphatic heterocycles. The first-order chi connectivity index (χ1) is 9.65. The summed E-state index contributed by atoms with van der Waals surface area (Å²) in [7, 11) is 0. The van der Waals surface area contributed by atoms with Gasteiger partial charge in [0.05, 0.1) is 31.6 Å². The van der Waals surface area contributed by atoms with Gasteiger partial charge in [0.15, 0.2) is 0 Å². The van der Waals surface area contributed by atoms with Crippen LogP contribution >= 0.6 is 11.6 Å². The van der Waals surface area contributed by atoms with Gasteiger partial charge in [0.25, 0.3) is 0 Å². The number of carbonyl (C=O) groups is 1. The van der Waals surface area contributed by atoms with Crippen LogP contribution in [-0.4, -0.2) is 31.7 Å². The van der Waals surface area contributed by atoms with Crippen molar-refractivity contribution in [3.63, 3.8) is 0 Å². The van der Waals surface area contributed by atoms with Gasteiger partial charge in [-0.2, -0.15) is 15.0 Å². The van der Waals surface area contributed by atoms with Crippen molar-refractivity contribution in [2.24, 2.45) is 0 Å². The van der Waals surface area contributed by atoms with Crippen LogP contribution in [0, 0.1) is 0 Å². The van der Waals surface area contributed by atoms with E-state index in [1.54, 1.807) is 28.2 Å². The van der Waals surface area contributed by atoms with E-state index in [4.69, 9.17) is 16.0 Å². The predicted octanol–water partition coefficient (Wildman–Crippen LogP) is 2.22. The predicted molar refractivity (Wildman–Crippen MR) is 74.1 cm³/mol. The summed E-state index contributed by atoms with van der Waals surface area (Å²) in [5.74, 6) is 0.473. The molecule has 2 aromatic heterocycles. The summed E-state index contributed by atoms with van der Waals surface area (Å²) in [5.41, 5.74) is 0.726. The highest BCUT2D eigenvalue weighted by Gasteiger charge is 2.23. The van der Waals surface area contributed by atoms with Gasteiger partial charge in [-0.3, -0.25) is 4.79 Å². The molecule has 7 heteroatoms. The molecule has 1 atom stereocenters. The van der Waals surface area contributed by atoms with Gasteiger partial charge in [0, 0.05) is 0 Å². The van der Waals surface area contributed by atoms with Gasteiger partial charge in [0.2, 0.25) is 5.91 Å². The summed E-state index contributed by atoms with van der Waals surface area (Å²) in [4.78, 5) is 15.2. The summed E-state index contributed by atoms with van der Waals surface area (Å²) >= 11 is 5.69. The van der Waals surface area contributed by atoms with Crippen LogP contribution in [0.2, 0.25) is 0 Å². The van der Waals surface area contributed by atoms with Crippen LogP contribution in [0.25, 0.3) is 0 Å². The van der Waals surface area contributed by atoms with Crippen molar-refractivity contribution >= 4 is 17.5 Å². The van der Waals surface area contributed by atoms with Crippen LogP contribution in [0.5, 0.6) is 0 Å². The summed E-state index contributed by atoms with van der Waals surface area (Å²) < 4.78 is 5.36. The van der Waals surface area contributed by atoms with E-state index in [0.29, 0.717) is 18.8 Å². The fourth-order valence-corrected chi connectivity index (χ4v) is 2.09. The normalized spacial score (nSPS) is 12.3. The van der Waals surface area contributed by atoms with Crippen LogP contribution in [0.1, 0.15) is 31.3 Å². The van der Waals surface area contributed by atoms with E-state index in [1.807, 2.05) is 19.9 Å². The molecule has 0 radical (unpaired) electrons. The number of hydrogen-bond donors (Lipinski definition) is 0. The maximum atomic E-state index is 12.0. The van der Waals surface area contributed by atoms with Crippen LogP contribution in [0.4, 0.5) is 0 Å². The maximum Gasteiger partial charge on any atom is 0.238 e. The number of alkyl halides is 1. The van der Waals surface area contributed by atoms with Crippen molar-refractivity contribution < 1.29 is 9.21 Å². The Morgan fingerprint density at radius 1 is 1.60 bits per heavy atom. The fraction of sp³-hybridized carbons (Fsp3) is 0.462. The molecule has 0 saturated heterocycles. The lowest BCUT2D eigenvalue weighted by Gasteiger charge is -2.26. The molecule has 0 N–H and O–H groups in total. The molecule has 108 valence electrons. The molecule has 0 fully saturated rings. The molecule has 0 aliphatic carbocycles. The Balaban J connectivity index is 2.17. The Bertz CT molecular complexity index is 552. The Morgan fingerprint density at radius 2 is 2.40 bits per heavy atom. The average Bonchev–Trinajstić information content (AvgIpc) is 3.14. The summed E-state index contributed by atoms with van der Waals surface area (Å²) in [5, 5.41) is 8.39. The number of furan rings is 1. The summed E-state index contributed by atoms with van der Waals surface area (Å²) in [6, 6.07) is 3.42. The van der Waals surface area contributed by atoms with Gasteiger partial charge in [-0.1, -0.05) is 0 Å². The lowest BCUT2D eigenvalue weighted by Crippen LogP contribution is -2.34. The number of aromatic nitrogens is 3. The van der Waals surface area contributed by atoms with Crippen molar-refractivity contribution in [1.82, 2.24) is 19.9 Å².